The Bertz CT molecular complexity index is 993. The van der Waals surface area contributed by atoms with E-state index in [0.29, 0.717) is 11.3 Å². The van der Waals surface area contributed by atoms with Crippen molar-refractivity contribution in [3.63, 3.8) is 0 Å². The Morgan fingerprint density at radius 1 is 1.38 bits per heavy atom. The van der Waals surface area contributed by atoms with Crippen LogP contribution in [0.1, 0.15) is 12.0 Å². The fourth-order valence-electron chi connectivity index (χ4n) is 2.95. The second-order valence-electron chi connectivity index (χ2n) is 7.01. The molecule has 1 aromatic rings. The predicted molar refractivity (Wildman–Crippen MR) is 114 cm³/mol. The number of thioether (sulfide) groups is 1. The molecule has 0 aliphatic carbocycles. The van der Waals surface area contributed by atoms with Gasteiger partial charge in [0, 0.05) is 31.0 Å². The molecule has 2 atom stereocenters. The summed E-state index contributed by atoms with van der Waals surface area (Å²) in [7, 11) is -2.39. The number of nitrogens with zero attached hydrogens (tertiary/aromatic N) is 4. The predicted octanol–water partition coefficient (Wildman–Crippen LogP) is 1.32. The summed E-state index contributed by atoms with van der Waals surface area (Å²) in [6.45, 7) is -0.139. The van der Waals surface area contributed by atoms with Gasteiger partial charge in [-0.3, -0.25) is 24.0 Å². The van der Waals surface area contributed by atoms with Crippen molar-refractivity contribution in [2.75, 3.05) is 31.4 Å². The number of hydrogen-bond donors (Lipinski definition) is 0. The van der Waals surface area contributed by atoms with E-state index in [0.717, 1.165) is 11.2 Å². The molecule has 1 aromatic carbocycles. The molecule has 1 fully saturated rings. The molecule has 0 saturated carbocycles. The van der Waals surface area contributed by atoms with Crippen LogP contribution >= 0.6 is 11.8 Å². The molecule has 2 rings (SSSR count). The summed E-state index contributed by atoms with van der Waals surface area (Å²) in [6.07, 6.45) is 1.41. The molecular formula is C18H22N4O8S2. The SMILES string of the molecule is CN(C#N)C(=O)CSC[C@@H]1C[C@H](OS(C)(=O)=O)CN1C(=O)OCc1ccc([N+](=O)[O-])cc1. The van der Waals surface area contributed by atoms with Gasteiger partial charge >= 0.3 is 6.09 Å². The molecule has 0 aromatic heterocycles. The summed E-state index contributed by atoms with van der Waals surface area (Å²) in [4.78, 5) is 36.8. The highest BCUT2D eigenvalue weighted by molar-refractivity contribution is 8.00. The van der Waals surface area contributed by atoms with Crippen molar-refractivity contribution in [3.8, 4) is 6.19 Å². The number of carbonyl (C=O) groups excluding carboxylic acids is 2. The van der Waals surface area contributed by atoms with Crippen LogP contribution in [0, 0.1) is 21.6 Å². The van der Waals surface area contributed by atoms with Crippen LogP contribution in [0.3, 0.4) is 0 Å². The number of amides is 2. The zero-order valence-corrected chi connectivity index (χ0v) is 19.0. The van der Waals surface area contributed by atoms with Crippen molar-refractivity contribution in [1.82, 2.24) is 9.80 Å². The molecule has 0 radical (unpaired) electrons. The van der Waals surface area contributed by atoms with Crippen molar-refractivity contribution in [3.05, 3.63) is 39.9 Å². The van der Waals surface area contributed by atoms with Gasteiger partial charge in [-0.2, -0.15) is 13.7 Å². The summed E-state index contributed by atoms with van der Waals surface area (Å²) in [5.74, 6) is -0.0720. The zero-order valence-electron chi connectivity index (χ0n) is 17.4. The third-order valence-electron chi connectivity index (χ3n) is 4.49. The maximum Gasteiger partial charge on any atom is 0.410 e. The molecule has 1 aliphatic heterocycles. The summed E-state index contributed by atoms with van der Waals surface area (Å²) in [5, 5.41) is 19.5. The highest BCUT2D eigenvalue weighted by Gasteiger charge is 2.38. The van der Waals surface area contributed by atoms with Crippen LogP contribution in [0.25, 0.3) is 0 Å². The third kappa shape index (κ3) is 7.66. The number of rotatable bonds is 9. The lowest BCUT2D eigenvalue weighted by atomic mass is 10.2. The van der Waals surface area contributed by atoms with Crippen molar-refractivity contribution >= 4 is 39.6 Å². The van der Waals surface area contributed by atoms with Gasteiger partial charge in [0.25, 0.3) is 15.8 Å². The molecule has 1 saturated heterocycles. The minimum atomic E-state index is -3.73. The number of benzene rings is 1. The van der Waals surface area contributed by atoms with E-state index < -0.39 is 39.2 Å². The fraction of sp³-hybridized carbons (Fsp3) is 0.500. The number of ether oxygens (including phenoxy) is 1. The Kier molecular flexibility index (Phi) is 8.81. The first kappa shape index (κ1) is 25.4. The molecule has 12 nitrogen and oxygen atoms in total. The topological polar surface area (TPSA) is 160 Å². The second kappa shape index (κ2) is 11.1. The number of nitriles is 1. The second-order valence-corrected chi connectivity index (χ2v) is 9.64. The highest BCUT2D eigenvalue weighted by Crippen LogP contribution is 2.26. The number of hydrogen-bond acceptors (Lipinski definition) is 10. The molecule has 1 aliphatic rings. The first-order chi connectivity index (χ1) is 15.0. The van der Waals surface area contributed by atoms with Gasteiger partial charge < -0.3 is 9.64 Å². The minimum absolute atomic E-state index is 0.0105. The normalized spacial score (nSPS) is 18.1. The Morgan fingerprint density at radius 3 is 2.59 bits per heavy atom. The quantitative estimate of drug-likeness (QED) is 0.164. The van der Waals surface area contributed by atoms with Gasteiger partial charge in [0.15, 0.2) is 6.19 Å². The van der Waals surface area contributed by atoms with Crippen LogP contribution in [0.2, 0.25) is 0 Å². The molecule has 1 heterocycles. The molecule has 2 amide bonds. The number of nitro groups is 1. The van der Waals surface area contributed by atoms with E-state index in [1.807, 2.05) is 0 Å². The summed E-state index contributed by atoms with van der Waals surface area (Å²) < 4.78 is 33.3. The van der Waals surface area contributed by atoms with E-state index in [2.05, 4.69) is 0 Å². The third-order valence-corrected chi connectivity index (χ3v) is 6.18. The van der Waals surface area contributed by atoms with Crippen LogP contribution < -0.4 is 0 Å². The fourth-order valence-corrected chi connectivity index (χ4v) is 4.66. The lowest BCUT2D eigenvalue weighted by Gasteiger charge is -2.23. The monoisotopic (exact) mass is 486 g/mol. The molecular weight excluding hydrogens is 464 g/mol. The van der Waals surface area contributed by atoms with Gasteiger partial charge in [-0.05, 0) is 24.1 Å². The summed E-state index contributed by atoms with van der Waals surface area (Å²) >= 11 is 1.20. The summed E-state index contributed by atoms with van der Waals surface area (Å²) in [5.41, 5.74) is 0.456. The van der Waals surface area contributed by atoms with Crippen LogP contribution in [0.5, 0.6) is 0 Å². The number of likely N-dealkylation sites (tertiary alicyclic amines) is 1. The lowest BCUT2D eigenvalue weighted by Crippen LogP contribution is -2.38. The molecule has 0 bridgehead atoms. The minimum Gasteiger partial charge on any atom is -0.445 e. The van der Waals surface area contributed by atoms with Gasteiger partial charge in [-0.15, -0.1) is 11.8 Å². The van der Waals surface area contributed by atoms with Gasteiger partial charge in [0.05, 0.1) is 29.6 Å². The van der Waals surface area contributed by atoms with E-state index in [4.69, 9.17) is 14.2 Å². The average molecular weight is 487 g/mol. The molecule has 0 N–H and O–H groups in total. The van der Waals surface area contributed by atoms with Gasteiger partial charge in [-0.1, -0.05) is 0 Å². The van der Waals surface area contributed by atoms with Crippen molar-refractivity contribution in [2.24, 2.45) is 0 Å². The standard InChI is InChI=1S/C18H22N4O8S2/c1-20(12-19)17(23)11-31-10-15-7-16(30-32(2,27)28)8-21(15)18(24)29-9-13-3-5-14(6-4-13)22(25)26/h3-6,15-16H,7-11H2,1-2H3/t15-,16-/m0/s1. The van der Waals surface area contributed by atoms with Crippen molar-refractivity contribution in [1.29, 1.82) is 5.26 Å². The van der Waals surface area contributed by atoms with Crippen LogP contribution in [0.15, 0.2) is 24.3 Å². The number of carbonyl (C=O) groups is 2. The first-order valence-corrected chi connectivity index (χ1v) is 12.3. The largest absolute Gasteiger partial charge is 0.445 e. The van der Waals surface area contributed by atoms with E-state index >= 15 is 0 Å². The number of nitro benzene ring substituents is 1. The van der Waals surface area contributed by atoms with E-state index in [-0.39, 0.29) is 31.0 Å². The maximum atomic E-state index is 12.6. The van der Waals surface area contributed by atoms with Crippen LogP contribution in [-0.2, 0) is 30.4 Å². The molecule has 0 spiro atoms. The van der Waals surface area contributed by atoms with Crippen LogP contribution in [0.4, 0.5) is 10.5 Å². The number of non-ortho nitro benzene ring substituents is 1. The van der Waals surface area contributed by atoms with E-state index in [9.17, 15) is 28.1 Å². The van der Waals surface area contributed by atoms with Gasteiger partial charge in [0.2, 0.25) is 5.91 Å². The molecule has 14 heteroatoms. The van der Waals surface area contributed by atoms with E-state index in [1.165, 1.54) is 48.0 Å². The van der Waals surface area contributed by atoms with Crippen molar-refractivity contribution < 1.29 is 31.9 Å². The van der Waals surface area contributed by atoms with Gasteiger partial charge in [0.1, 0.15) is 6.61 Å². The van der Waals surface area contributed by atoms with Crippen LogP contribution in [-0.4, -0.2) is 78.6 Å². The first-order valence-electron chi connectivity index (χ1n) is 9.29. The molecule has 32 heavy (non-hydrogen) atoms. The maximum absolute atomic E-state index is 12.6. The Balaban J connectivity index is 1.99. The Morgan fingerprint density at radius 2 is 2.03 bits per heavy atom. The smallest absolute Gasteiger partial charge is 0.410 e. The van der Waals surface area contributed by atoms with E-state index in [1.54, 1.807) is 6.19 Å². The van der Waals surface area contributed by atoms with Gasteiger partial charge in [-0.25, -0.2) is 4.79 Å². The average Bonchev–Trinajstić information content (AvgIpc) is 3.12. The Labute approximate surface area is 189 Å². The molecule has 0 unspecified atom stereocenters. The Hall–Kier alpha value is -2.89. The lowest BCUT2D eigenvalue weighted by molar-refractivity contribution is -0.384. The highest BCUT2D eigenvalue weighted by atomic mass is 32.2. The molecule has 174 valence electrons. The zero-order chi connectivity index (χ0) is 23.9. The summed E-state index contributed by atoms with van der Waals surface area (Å²) in [6, 6.07) is 5.08. The van der Waals surface area contributed by atoms with Crippen molar-refractivity contribution in [2.45, 2.75) is 25.2 Å².